The van der Waals surface area contributed by atoms with Crippen LogP contribution in [-0.2, 0) is 6.18 Å². The molecule has 0 amide bonds. The van der Waals surface area contributed by atoms with E-state index in [1.54, 1.807) is 6.07 Å². The molecule has 0 radical (unpaired) electrons. The number of hydrogen-bond acceptors (Lipinski definition) is 1. The first-order chi connectivity index (χ1) is 7.84. The lowest BCUT2D eigenvalue weighted by molar-refractivity contribution is -0.139. The van der Waals surface area contributed by atoms with E-state index in [0.29, 0.717) is 16.8 Å². The SMILES string of the molecule is CC(CCCl)Sc1ccc(Br)cc1C(F)(F)F. The molecule has 0 aliphatic carbocycles. The second-order valence-electron chi connectivity index (χ2n) is 3.54. The summed E-state index contributed by atoms with van der Waals surface area (Å²) in [5, 5.41) is 0.0646. The van der Waals surface area contributed by atoms with Gasteiger partial charge in [0.15, 0.2) is 0 Å². The molecule has 1 aromatic carbocycles. The fourth-order valence-electron chi connectivity index (χ4n) is 1.26. The number of halogens is 5. The van der Waals surface area contributed by atoms with Gasteiger partial charge in [-0.15, -0.1) is 23.4 Å². The van der Waals surface area contributed by atoms with Crippen LogP contribution in [0.25, 0.3) is 0 Å². The lowest BCUT2D eigenvalue weighted by Gasteiger charge is -2.15. The summed E-state index contributed by atoms with van der Waals surface area (Å²) < 4.78 is 38.8. The summed E-state index contributed by atoms with van der Waals surface area (Å²) in [6, 6.07) is 4.21. The first kappa shape index (κ1) is 15.2. The molecule has 6 heteroatoms. The minimum atomic E-state index is -4.33. The van der Waals surface area contributed by atoms with E-state index in [-0.39, 0.29) is 10.1 Å². The van der Waals surface area contributed by atoms with Gasteiger partial charge < -0.3 is 0 Å². The van der Waals surface area contributed by atoms with E-state index in [1.807, 2.05) is 6.92 Å². The third-order valence-electron chi connectivity index (χ3n) is 2.09. The van der Waals surface area contributed by atoms with E-state index in [9.17, 15) is 13.2 Å². The maximum absolute atomic E-state index is 12.8. The molecule has 17 heavy (non-hydrogen) atoms. The summed E-state index contributed by atoms with van der Waals surface area (Å²) in [6.45, 7) is 1.87. The molecule has 1 unspecified atom stereocenters. The van der Waals surface area contributed by atoms with Crippen molar-refractivity contribution in [1.29, 1.82) is 0 Å². The lowest BCUT2D eigenvalue weighted by Crippen LogP contribution is -2.08. The molecule has 0 aromatic heterocycles. The molecule has 1 atom stereocenters. The van der Waals surface area contributed by atoms with E-state index in [0.717, 1.165) is 6.07 Å². The normalized spacial score (nSPS) is 13.8. The van der Waals surface area contributed by atoms with Gasteiger partial charge in [-0.2, -0.15) is 13.2 Å². The van der Waals surface area contributed by atoms with E-state index < -0.39 is 11.7 Å². The molecule has 1 aromatic rings. The Morgan fingerprint density at radius 3 is 2.59 bits per heavy atom. The van der Waals surface area contributed by atoms with Gasteiger partial charge in [-0.25, -0.2) is 0 Å². The highest BCUT2D eigenvalue weighted by atomic mass is 79.9. The second kappa shape index (κ2) is 6.34. The summed E-state index contributed by atoms with van der Waals surface area (Å²) >= 11 is 9.83. The smallest absolute Gasteiger partial charge is 0.166 e. The van der Waals surface area contributed by atoms with Crippen LogP contribution in [0.4, 0.5) is 13.2 Å². The van der Waals surface area contributed by atoms with Crippen molar-refractivity contribution in [1.82, 2.24) is 0 Å². The summed E-state index contributed by atoms with van der Waals surface area (Å²) in [5.74, 6) is 0.450. The minimum Gasteiger partial charge on any atom is -0.166 e. The topological polar surface area (TPSA) is 0 Å². The average Bonchev–Trinajstić information content (AvgIpc) is 2.19. The third-order valence-corrected chi connectivity index (χ3v) is 4.05. The maximum atomic E-state index is 12.8. The van der Waals surface area contributed by atoms with Crippen molar-refractivity contribution in [2.75, 3.05) is 5.88 Å². The number of rotatable bonds is 4. The zero-order chi connectivity index (χ0) is 13.1. The van der Waals surface area contributed by atoms with Gasteiger partial charge in [0.25, 0.3) is 0 Å². The molecule has 0 aliphatic rings. The van der Waals surface area contributed by atoms with Crippen LogP contribution >= 0.6 is 39.3 Å². The highest BCUT2D eigenvalue weighted by molar-refractivity contribution is 9.10. The average molecular weight is 348 g/mol. The molecule has 0 aliphatic heterocycles. The van der Waals surface area contributed by atoms with Crippen LogP contribution in [0.15, 0.2) is 27.6 Å². The molecule has 0 fully saturated rings. The van der Waals surface area contributed by atoms with Crippen LogP contribution in [0.5, 0.6) is 0 Å². The van der Waals surface area contributed by atoms with Crippen molar-refractivity contribution in [3.8, 4) is 0 Å². The van der Waals surface area contributed by atoms with Crippen molar-refractivity contribution in [2.45, 2.75) is 29.7 Å². The summed E-state index contributed by atoms with van der Waals surface area (Å²) in [5.41, 5.74) is -0.599. The Labute approximate surface area is 116 Å². The van der Waals surface area contributed by atoms with Crippen molar-refractivity contribution in [3.05, 3.63) is 28.2 Å². The molecule has 0 saturated carbocycles. The number of benzene rings is 1. The Morgan fingerprint density at radius 1 is 1.41 bits per heavy atom. The Hall–Kier alpha value is 0.130. The van der Waals surface area contributed by atoms with E-state index in [1.165, 1.54) is 17.8 Å². The quantitative estimate of drug-likeness (QED) is 0.506. The Balaban J connectivity index is 2.99. The van der Waals surface area contributed by atoms with Gasteiger partial charge in [0.05, 0.1) is 5.56 Å². The fourth-order valence-corrected chi connectivity index (χ4v) is 3.19. The van der Waals surface area contributed by atoms with Crippen LogP contribution < -0.4 is 0 Å². The standard InChI is InChI=1S/C11H11BrClF3S/c1-7(4-5-13)17-10-3-2-8(12)6-9(10)11(14,15)16/h2-3,6-7H,4-5H2,1H3. The molecule has 0 nitrogen and oxygen atoms in total. The lowest BCUT2D eigenvalue weighted by atomic mass is 10.2. The van der Waals surface area contributed by atoms with Crippen LogP contribution in [-0.4, -0.2) is 11.1 Å². The fraction of sp³-hybridized carbons (Fsp3) is 0.455. The van der Waals surface area contributed by atoms with E-state index in [2.05, 4.69) is 15.9 Å². The van der Waals surface area contributed by atoms with Crippen LogP contribution in [0.3, 0.4) is 0 Å². The van der Waals surface area contributed by atoms with E-state index >= 15 is 0 Å². The van der Waals surface area contributed by atoms with Gasteiger partial charge in [-0.05, 0) is 24.6 Å². The Kier molecular flexibility index (Phi) is 5.67. The largest absolute Gasteiger partial charge is 0.417 e. The molecule has 0 N–H and O–H groups in total. The van der Waals surface area contributed by atoms with Crippen LogP contribution in [0.2, 0.25) is 0 Å². The number of thioether (sulfide) groups is 1. The van der Waals surface area contributed by atoms with Crippen LogP contribution in [0, 0.1) is 0 Å². The highest BCUT2D eigenvalue weighted by Crippen LogP contribution is 2.39. The van der Waals surface area contributed by atoms with Gasteiger partial charge in [-0.1, -0.05) is 22.9 Å². The third kappa shape index (κ3) is 4.72. The molecule has 0 heterocycles. The van der Waals surface area contributed by atoms with Crippen LogP contribution in [0.1, 0.15) is 18.9 Å². The first-order valence-electron chi connectivity index (χ1n) is 4.94. The van der Waals surface area contributed by atoms with Gasteiger partial charge in [-0.3, -0.25) is 0 Å². The minimum absolute atomic E-state index is 0.0646. The van der Waals surface area contributed by atoms with Gasteiger partial charge >= 0.3 is 6.18 Å². The summed E-state index contributed by atoms with van der Waals surface area (Å²) in [6.07, 6.45) is -3.65. The summed E-state index contributed by atoms with van der Waals surface area (Å²) in [4.78, 5) is 0.248. The monoisotopic (exact) mass is 346 g/mol. The molecule has 0 spiro atoms. The molecule has 0 saturated heterocycles. The van der Waals surface area contributed by atoms with Gasteiger partial charge in [0.2, 0.25) is 0 Å². The van der Waals surface area contributed by atoms with Crippen molar-refractivity contribution in [3.63, 3.8) is 0 Å². The van der Waals surface area contributed by atoms with Crippen molar-refractivity contribution in [2.24, 2.45) is 0 Å². The number of hydrogen-bond donors (Lipinski definition) is 0. The van der Waals surface area contributed by atoms with Gasteiger partial charge in [0, 0.05) is 20.5 Å². The Morgan fingerprint density at radius 2 is 2.06 bits per heavy atom. The zero-order valence-corrected chi connectivity index (χ0v) is 12.2. The highest BCUT2D eigenvalue weighted by Gasteiger charge is 2.34. The van der Waals surface area contributed by atoms with Crippen molar-refractivity contribution < 1.29 is 13.2 Å². The van der Waals surface area contributed by atoms with Gasteiger partial charge in [0.1, 0.15) is 0 Å². The van der Waals surface area contributed by atoms with Crippen molar-refractivity contribution >= 4 is 39.3 Å². The zero-order valence-electron chi connectivity index (χ0n) is 9.02. The molecular formula is C11H11BrClF3S. The number of alkyl halides is 4. The summed E-state index contributed by atoms with van der Waals surface area (Å²) in [7, 11) is 0. The molecule has 96 valence electrons. The second-order valence-corrected chi connectivity index (χ2v) is 6.32. The molecular weight excluding hydrogens is 337 g/mol. The predicted molar refractivity (Wildman–Crippen MR) is 69.8 cm³/mol. The predicted octanol–water partition coefficient (Wildman–Crippen LogP) is 5.58. The van der Waals surface area contributed by atoms with E-state index in [4.69, 9.17) is 11.6 Å². The maximum Gasteiger partial charge on any atom is 0.417 e. The Bertz CT molecular complexity index is 381. The molecule has 0 bridgehead atoms. The first-order valence-corrected chi connectivity index (χ1v) is 7.14. The molecule has 1 rings (SSSR count).